The molecule has 4 heteroatoms. The Labute approximate surface area is 97.0 Å². The Bertz CT molecular complexity index is 374. The van der Waals surface area contributed by atoms with Crippen LogP contribution in [-0.2, 0) is 18.3 Å². The number of rotatable bonds is 3. The third-order valence-electron chi connectivity index (χ3n) is 3.66. The van der Waals surface area contributed by atoms with Gasteiger partial charge in [0.2, 0.25) is 0 Å². The number of aromatic nitrogens is 2. The quantitative estimate of drug-likeness (QED) is 0.841. The van der Waals surface area contributed by atoms with Gasteiger partial charge in [0.25, 0.3) is 0 Å². The van der Waals surface area contributed by atoms with Gasteiger partial charge in [-0.15, -0.1) is 0 Å². The summed E-state index contributed by atoms with van der Waals surface area (Å²) in [4.78, 5) is 0. The average molecular weight is 223 g/mol. The van der Waals surface area contributed by atoms with Crippen molar-refractivity contribution in [2.75, 3.05) is 6.61 Å². The Morgan fingerprint density at radius 3 is 2.94 bits per heavy atom. The number of hydrogen-bond donors (Lipinski definition) is 1. The van der Waals surface area contributed by atoms with Gasteiger partial charge >= 0.3 is 0 Å². The van der Waals surface area contributed by atoms with E-state index >= 15 is 0 Å². The van der Waals surface area contributed by atoms with Crippen molar-refractivity contribution in [1.82, 2.24) is 15.1 Å². The second-order valence-corrected chi connectivity index (χ2v) is 4.93. The first-order valence-corrected chi connectivity index (χ1v) is 5.87. The molecule has 0 spiro atoms. The number of aryl methyl sites for hydroxylation is 2. The topological polar surface area (TPSA) is 39.1 Å². The van der Waals surface area contributed by atoms with Crippen LogP contribution in [0, 0.1) is 6.92 Å². The fraction of sp³-hybridized carbons (Fsp3) is 0.750. The van der Waals surface area contributed by atoms with Gasteiger partial charge in [0.15, 0.2) is 0 Å². The predicted molar refractivity (Wildman–Crippen MR) is 63.2 cm³/mol. The largest absolute Gasteiger partial charge is 0.377 e. The van der Waals surface area contributed by atoms with Crippen LogP contribution in [0.1, 0.15) is 31.7 Å². The summed E-state index contributed by atoms with van der Waals surface area (Å²) < 4.78 is 7.54. The Balaban J connectivity index is 1.99. The maximum Gasteiger partial charge on any atom is 0.0726 e. The zero-order chi connectivity index (χ0) is 11.8. The molecule has 2 rings (SSSR count). The maximum atomic E-state index is 5.61. The number of nitrogens with zero attached hydrogens (tertiary/aromatic N) is 2. The molecule has 4 nitrogen and oxygen atoms in total. The first kappa shape index (κ1) is 11.6. The van der Waals surface area contributed by atoms with E-state index in [2.05, 4.69) is 30.3 Å². The fourth-order valence-corrected chi connectivity index (χ4v) is 2.19. The zero-order valence-corrected chi connectivity index (χ0v) is 10.6. The first-order valence-electron chi connectivity index (χ1n) is 5.87. The number of ether oxygens (including phenoxy) is 1. The summed E-state index contributed by atoms with van der Waals surface area (Å²) in [7, 11) is 1.99. The van der Waals surface area contributed by atoms with E-state index in [1.54, 1.807) is 0 Å². The van der Waals surface area contributed by atoms with Crippen molar-refractivity contribution >= 4 is 0 Å². The highest BCUT2D eigenvalue weighted by atomic mass is 16.5. The second kappa shape index (κ2) is 4.18. The molecule has 1 fully saturated rings. The molecule has 1 aliphatic rings. The van der Waals surface area contributed by atoms with Gasteiger partial charge in [-0.2, -0.15) is 5.10 Å². The molecule has 2 heterocycles. The van der Waals surface area contributed by atoms with Crippen LogP contribution >= 0.6 is 0 Å². The minimum atomic E-state index is 0.0954. The number of nitrogens with one attached hydrogen (secondary N) is 1. The molecular weight excluding hydrogens is 202 g/mol. The average Bonchev–Trinajstić information content (AvgIpc) is 2.69. The zero-order valence-electron chi connectivity index (χ0n) is 10.6. The van der Waals surface area contributed by atoms with Crippen LogP contribution in [-0.4, -0.2) is 28.0 Å². The van der Waals surface area contributed by atoms with E-state index in [1.807, 2.05) is 18.7 Å². The summed E-state index contributed by atoms with van der Waals surface area (Å²) in [6.45, 7) is 8.09. The summed E-state index contributed by atoms with van der Waals surface area (Å²) in [6, 6.07) is 2.12. The molecule has 0 aliphatic carbocycles. The molecule has 1 saturated heterocycles. The van der Waals surface area contributed by atoms with Crippen LogP contribution in [0.15, 0.2) is 6.07 Å². The van der Waals surface area contributed by atoms with E-state index in [1.165, 1.54) is 5.69 Å². The fourth-order valence-electron chi connectivity index (χ4n) is 2.19. The van der Waals surface area contributed by atoms with Crippen molar-refractivity contribution in [1.29, 1.82) is 0 Å². The Morgan fingerprint density at radius 2 is 2.44 bits per heavy atom. The summed E-state index contributed by atoms with van der Waals surface area (Å²) in [5.74, 6) is 0. The number of hydrogen-bond acceptors (Lipinski definition) is 3. The van der Waals surface area contributed by atoms with Gasteiger partial charge in [0.1, 0.15) is 0 Å². The normalized spacial score (nSPS) is 29.9. The van der Waals surface area contributed by atoms with Crippen molar-refractivity contribution in [3.05, 3.63) is 17.5 Å². The van der Waals surface area contributed by atoms with Gasteiger partial charge in [-0.3, -0.25) is 4.68 Å². The van der Waals surface area contributed by atoms with Crippen LogP contribution in [0.3, 0.4) is 0 Å². The molecule has 2 atom stereocenters. The molecular formula is C12H21N3O. The van der Waals surface area contributed by atoms with Gasteiger partial charge in [-0.25, -0.2) is 0 Å². The van der Waals surface area contributed by atoms with Gasteiger partial charge < -0.3 is 10.1 Å². The highest BCUT2D eigenvalue weighted by Gasteiger charge is 2.36. The SMILES string of the molecule is Cc1cc(CNC2(C)CCOC2C)n(C)n1. The molecule has 2 unspecified atom stereocenters. The molecule has 0 saturated carbocycles. The summed E-state index contributed by atoms with van der Waals surface area (Å²) in [6.07, 6.45) is 1.35. The molecule has 0 aromatic carbocycles. The minimum absolute atomic E-state index is 0.0954. The first-order chi connectivity index (χ1) is 7.51. The van der Waals surface area contributed by atoms with Crippen LogP contribution in [0.5, 0.6) is 0 Å². The monoisotopic (exact) mass is 223 g/mol. The van der Waals surface area contributed by atoms with Crippen molar-refractivity contribution < 1.29 is 4.74 Å². The molecule has 0 amide bonds. The molecule has 90 valence electrons. The predicted octanol–water partition coefficient (Wildman–Crippen LogP) is 1.39. The lowest BCUT2D eigenvalue weighted by molar-refractivity contribution is 0.0879. The summed E-state index contributed by atoms with van der Waals surface area (Å²) >= 11 is 0. The van der Waals surface area contributed by atoms with Crippen LogP contribution < -0.4 is 5.32 Å². The second-order valence-electron chi connectivity index (χ2n) is 4.93. The smallest absolute Gasteiger partial charge is 0.0726 e. The molecule has 1 N–H and O–H groups in total. The lowest BCUT2D eigenvalue weighted by Gasteiger charge is -2.29. The summed E-state index contributed by atoms with van der Waals surface area (Å²) in [5, 5.41) is 7.94. The Morgan fingerprint density at radius 1 is 1.69 bits per heavy atom. The van der Waals surface area contributed by atoms with Crippen LogP contribution in [0.4, 0.5) is 0 Å². The van der Waals surface area contributed by atoms with Crippen LogP contribution in [0.25, 0.3) is 0 Å². The third kappa shape index (κ3) is 2.13. The molecule has 1 aromatic heterocycles. The lowest BCUT2D eigenvalue weighted by Crippen LogP contribution is -2.47. The Kier molecular flexibility index (Phi) is 3.04. The highest BCUT2D eigenvalue weighted by molar-refractivity contribution is 5.09. The van der Waals surface area contributed by atoms with E-state index in [9.17, 15) is 0 Å². The Hall–Kier alpha value is -0.870. The molecule has 16 heavy (non-hydrogen) atoms. The molecule has 1 aromatic rings. The third-order valence-corrected chi connectivity index (χ3v) is 3.66. The van der Waals surface area contributed by atoms with Gasteiger partial charge in [0.05, 0.1) is 17.5 Å². The highest BCUT2D eigenvalue weighted by Crippen LogP contribution is 2.25. The molecule has 0 radical (unpaired) electrons. The van der Waals surface area contributed by atoms with Gasteiger partial charge in [0, 0.05) is 25.7 Å². The van der Waals surface area contributed by atoms with Crippen molar-refractivity contribution in [2.45, 2.75) is 45.4 Å². The molecule has 1 aliphatic heterocycles. The van der Waals surface area contributed by atoms with E-state index in [0.29, 0.717) is 0 Å². The standard InChI is InChI=1S/C12H21N3O/c1-9-7-11(15(4)14-9)8-13-12(3)5-6-16-10(12)2/h7,10,13H,5-6,8H2,1-4H3. The van der Waals surface area contributed by atoms with Crippen molar-refractivity contribution in [2.24, 2.45) is 7.05 Å². The van der Waals surface area contributed by atoms with Crippen molar-refractivity contribution in [3.63, 3.8) is 0 Å². The van der Waals surface area contributed by atoms with Gasteiger partial charge in [-0.1, -0.05) is 0 Å². The van der Waals surface area contributed by atoms with Gasteiger partial charge in [-0.05, 0) is 33.3 Å². The van der Waals surface area contributed by atoms with Crippen molar-refractivity contribution in [3.8, 4) is 0 Å². The van der Waals surface area contributed by atoms with E-state index < -0.39 is 0 Å². The van der Waals surface area contributed by atoms with E-state index in [0.717, 1.165) is 25.3 Å². The van der Waals surface area contributed by atoms with E-state index in [4.69, 9.17) is 4.74 Å². The lowest BCUT2D eigenvalue weighted by atomic mass is 9.94. The summed E-state index contributed by atoms with van der Waals surface area (Å²) in [5.41, 5.74) is 2.39. The van der Waals surface area contributed by atoms with Crippen LogP contribution in [0.2, 0.25) is 0 Å². The molecule has 0 bridgehead atoms. The van der Waals surface area contributed by atoms with E-state index in [-0.39, 0.29) is 11.6 Å². The maximum absolute atomic E-state index is 5.61. The minimum Gasteiger partial charge on any atom is -0.377 e.